The van der Waals surface area contributed by atoms with Gasteiger partial charge in [-0.25, -0.2) is 13.3 Å². The molecule has 1 saturated carbocycles. The second-order valence-electron chi connectivity index (χ2n) is 9.29. The molecule has 0 spiro atoms. The first-order chi connectivity index (χ1) is 18.8. The van der Waals surface area contributed by atoms with Crippen LogP contribution in [0.15, 0.2) is 66.6 Å². The zero-order chi connectivity index (χ0) is 27.5. The molecule has 2 heterocycles. The van der Waals surface area contributed by atoms with Crippen molar-refractivity contribution >= 4 is 29.1 Å². The molecule has 2 aromatic carbocycles. The van der Waals surface area contributed by atoms with Crippen molar-refractivity contribution in [2.75, 3.05) is 5.32 Å². The van der Waals surface area contributed by atoms with E-state index in [9.17, 15) is 19.1 Å². The van der Waals surface area contributed by atoms with E-state index in [1.807, 2.05) is 12.1 Å². The number of fused-ring (bicyclic) bond motifs is 1. The summed E-state index contributed by atoms with van der Waals surface area (Å²) in [5.41, 5.74) is 8.24. The molecule has 1 fully saturated rings. The fourth-order valence-electron chi connectivity index (χ4n) is 4.55. The van der Waals surface area contributed by atoms with Crippen molar-refractivity contribution < 1.29 is 28.2 Å². The Balaban J connectivity index is 1.40. The van der Waals surface area contributed by atoms with E-state index in [-0.39, 0.29) is 29.0 Å². The summed E-state index contributed by atoms with van der Waals surface area (Å²) < 4.78 is 35.7. The van der Waals surface area contributed by atoms with Crippen LogP contribution in [-0.2, 0) is 9.59 Å². The zero-order valence-corrected chi connectivity index (χ0v) is 20.7. The fraction of sp³-hybridized carbons (Fsp3) is 0.214. The number of allylic oxidation sites excluding steroid dienone is 1. The van der Waals surface area contributed by atoms with Gasteiger partial charge in [0.2, 0.25) is 17.7 Å². The Morgan fingerprint density at radius 2 is 1.87 bits per heavy atom. The van der Waals surface area contributed by atoms with Gasteiger partial charge >= 0.3 is 0 Å². The summed E-state index contributed by atoms with van der Waals surface area (Å²) in [6, 6.07) is 10.5. The predicted octanol–water partition coefficient (Wildman–Crippen LogP) is 4.33. The molecule has 9 nitrogen and oxygen atoms in total. The number of carbonyl (C=O) groups excluding carboxylic acids is 2. The number of carbonyl (C=O) groups is 2. The van der Waals surface area contributed by atoms with Gasteiger partial charge in [-0.05, 0) is 73.7 Å². The number of halogens is 2. The van der Waals surface area contributed by atoms with Gasteiger partial charge in [-0.2, -0.15) is 10.1 Å². The van der Waals surface area contributed by atoms with E-state index in [1.165, 1.54) is 36.2 Å². The van der Waals surface area contributed by atoms with Crippen LogP contribution in [0.25, 0.3) is 11.6 Å². The van der Waals surface area contributed by atoms with Crippen LogP contribution in [0.5, 0.6) is 11.6 Å². The number of nitrogens with zero attached hydrogens (tertiary/aromatic N) is 3. The number of benzene rings is 2. The summed E-state index contributed by atoms with van der Waals surface area (Å²) in [7, 11) is 0. The quantitative estimate of drug-likeness (QED) is 0.303. The molecule has 5 rings (SSSR count). The third-order valence-electron chi connectivity index (χ3n) is 6.56. The van der Waals surface area contributed by atoms with E-state index in [1.54, 1.807) is 10.7 Å². The summed E-state index contributed by atoms with van der Waals surface area (Å²) in [5.74, 6) is -4.66. The van der Waals surface area contributed by atoms with Crippen LogP contribution >= 0.6 is 0 Å². The first-order valence-corrected chi connectivity index (χ1v) is 12.3. The number of ether oxygens (including phenoxy) is 1. The number of primary amides is 1. The molecule has 4 aromatic rings. The van der Waals surface area contributed by atoms with Crippen LogP contribution in [0.3, 0.4) is 0 Å². The highest BCUT2D eigenvalue weighted by molar-refractivity contribution is 6.10. The molecule has 1 aliphatic carbocycles. The first kappa shape index (κ1) is 26.0. The molecule has 2 amide bonds. The van der Waals surface area contributed by atoms with E-state index in [2.05, 4.69) is 15.4 Å². The minimum atomic E-state index is -1.50. The third-order valence-corrected chi connectivity index (χ3v) is 6.56. The maximum Gasteiger partial charge on any atom is 0.247 e. The van der Waals surface area contributed by atoms with E-state index in [4.69, 9.17) is 10.5 Å². The Hall–Kier alpha value is -4.64. The van der Waals surface area contributed by atoms with E-state index in [0.717, 1.165) is 36.6 Å². The van der Waals surface area contributed by atoms with E-state index >= 15 is 4.39 Å². The molecule has 0 saturated heterocycles. The largest absolute Gasteiger partial charge is 0.434 e. The molecule has 200 valence electrons. The van der Waals surface area contributed by atoms with Gasteiger partial charge in [0.15, 0.2) is 11.6 Å². The Morgan fingerprint density at radius 1 is 1.13 bits per heavy atom. The maximum absolute atomic E-state index is 15.2. The SMILES string of the molecule is NC(=O)C(C(=O)Nc1ccc(F)cc1)c1ccc(Oc2ncnn3ccc(C=C4CCC(O)CC4)c23)c(F)c1. The van der Waals surface area contributed by atoms with Crippen LogP contribution in [-0.4, -0.2) is 37.6 Å². The number of amides is 2. The number of hydrogen-bond donors (Lipinski definition) is 3. The highest BCUT2D eigenvalue weighted by Gasteiger charge is 2.28. The molecule has 0 radical (unpaired) electrons. The normalized spacial score (nSPS) is 16.1. The molecule has 0 bridgehead atoms. The number of nitrogens with one attached hydrogen (secondary N) is 1. The van der Waals surface area contributed by atoms with Gasteiger partial charge in [-0.1, -0.05) is 17.7 Å². The first-order valence-electron chi connectivity index (χ1n) is 12.3. The van der Waals surface area contributed by atoms with Gasteiger partial charge in [-0.3, -0.25) is 9.59 Å². The topological polar surface area (TPSA) is 132 Å². The summed E-state index contributed by atoms with van der Waals surface area (Å²) in [4.78, 5) is 29.1. The summed E-state index contributed by atoms with van der Waals surface area (Å²) >= 11 is 0. The predicted molar refractivity (Wildman–Crippen MR) is 139 cm³/mol. The van der Waals surface area contributed by atoms with Crippen molar-refractivity contribution in [1.29, 1.82) is 0 Å². The van der Waals surface area contributed by atoms with Gasteiger partial charge in [0, 0.05) is 17.4 Å². The molecule has 11 heteroatoms. The van der Waals surface area contributed by atoms with Crippen LogP contribution in [0.1, 0.15) is 42.7 Å². The lowest BCUT2D eigenvalue weighted by molar-refractivity contribution is -0.127. The molecule has 0 aliphatic heterocycles. The van der Waals surface area contributed by atoms with Crippen LogP contribution in [0, 0.1) is 11.6 Å². The fourth-order valence-corrected chi connectivity index (χ4v) is 4.55. The summed E-state index contributed by atoms with van der Waals surface area (Å²) in [5, 5.41) is 16.5. The molecule has 2 aromatic heterocycles. The highest BCUT2D eigenvalue weighted by atomic mass is 19.1. The maximum atomic E-state index is 15.2. The van der Waals surface area contributed by atoms with Crippen molar-refractivity contribution in [1.82, 2.24) is 14.6 Å². The van der Waals surface area contributed by atoms with Crippen LogP contribution < -0.4 is 15.8 Å². The molecule has 1 aliphatic rings. The van der Waals surface area contributed by atoms with Gasteiger partial charge in [0.05, 0.1) is 6.10 Å². The van der Waals surface area contributed by atoms with Crippen LogP contribution in [0.4, 0.5) is 14.5 Å². The van der Waals surface area contributed by atoms with Gasteiger partial charge in [0.1, 0.15) is 23.6 Å². The van der Waals surface area contributed by atoms with Crippen molar-refractivity contribution in [3.63, 3.8) is 0 Å². The number of rotatable bonds is 7. The number of nitrogens with two attached hydrogens (primary N) is 1. The Kier molecular flexibility index (Phi) is 7.33. The van der Waals surface area contributed by atoms with Crippen molar-refractivity contribution in [2.24, 2.45) is 5.73 Å². The average molecular weight is 534 g/mol. The van der Waals surface area contributed by atoms with E-state index in [0.29, 0.717) is 18.4 Å². The molecule has 4 N–H and O–H groups in total. The molecule has 39 heavy (non-hydrogen) atoms. The standard InChI is InChI=1S/C28H25F2N5O4/c29-19-4-6-20(7-5-19)34-27(38)24(26(31)37)17-3-10-23(22(30)14-17)39-28-25-18(11-12-35(25)33-15-32-28)13-16-1-8-21(36)9-2-16/h3-7,10-15,21,24,36H,1-2,8-9H2,(H2,31,37)(H,34,38). The third kappa shape index (κ3) is 5.78. The van der Waals surface area contributed by atoms with Crippen molar-refractivity contribution in [3.05, 3.63) is 89.4 Å². The Labute approximate surface area is 221 Å². The summed E-state index contributed by atoms with van der Waals surface area (Å²) in [6.07, 6.45) is 7.68. The van der Waals surface area contributed by atoms with Gasteiger partial charge in [0.25, 0.3) is 0 Å². The van der Waals surface area contributed by atoms with E-state index < -0.39 is 29.4 Å². The number of aliphatic hydroxyl groups excluding tert-OH is 1. The van der Waals surface area contributed by atoms with Crippen molar-refractivity contribution in [2.45, 2.75) is 37.7 Å². The number of aromatic nitrogens is 3. The highest BCUT2D eigenvalue weighted by Crippen LogP contribution is 2.33. The lowest BCUT2D eigenvalue weighted by atomic mass is 9.91. The lowest BCUT2D eigenvalue weighted by Gasteiger charge is -2.19. The van der Waals surface area contributed by atoms with Crippen LogP contribution in [0.2, 0.25) is 0 Å². The lowest BCUT2D eigenvalue weighted by Crippen LogP contribution is -2.32. The molecule has 1 unspecified atom stereocenters. The molecular formula is C28H25F2N5O4. The monoisotopic (exact) mass is 533 g/mol. The minimum absolute atomic E-state index is 0.0207. The number of hydrogen-bond acceptors (Lipinski definition) is 6. The Morgan fingerprint density at radius 3 is 2.56 bits per heavy atom. The Bertz CT molecular complexity index is 1560. The summed E-state index contributed by atoms with van der Waals surface area (Å²) in [6.45, 7) is 0. The van der Waals surface area contributed by atoms with Gasteiger partial charge < -0.3 is 20.9 Å². The number of aliphatic hydroxyl groups is 1. The second kappa shape index (κ2) is 11.0. The minimum Gasteiger partial charge on any atom is -0.434 e. The zero-order valence-electron chi connectivity index (χ0n) is 20.7. The molecule has 1 atom stereocenters. The van der Waals surface area contributed by atoms with Gasteiger partial charge in [-0.15, -0.1) is 0 Å². The smallest absolute Gasteiger partial charge is 0.247 e. The molecular weight excluding hydrogens is 508 g/mol. The average Bonchev–Trinajstić information content (AvgIpc) is 3.32. The number of anilines is 1. The van der Waals surface area contributed by atoms with Crippen molar-refractivity contribution in [3.8, 4) is 11.6 Å². The second-order valence-corrected chi connectivity index (χ2v) is 9.29.